The summed E-state index contributed by atoms with van der Waals surface area (Å²) in [4.78, 5) is 14.6. The molecule has 0 atom stereocenters. The summed E-state index contributed by atoms with van der Waals surface area (Å²) in [6, 6.07) is 13.9. The maximum atomic E-state index is 12.4. The maximum absolute atomic E-state index is 12.4. The van der Waals surface area contributed by atoms with Crippen molar-refractivity contribution in [2.75, 3.05) is 23.3 Å². The number of nitrogens with zero attached hydrogens (tertiary/aromatic N) is 4. The third-order valence-electron chi connectivity index (χ3n) is 5.14. The largest absolute Gasteiger partial charge is 0.355 e. The van der Waals surface area contributed by atoms with Gasteiger partial charge in [-0.1, -0.05) is 29.4 Å². The Morgan fingerprint density at radius 3 is 2.54 bits per heavy atom. The fourth-order valence-corrected chi connectivity index (χ4v) is 3.51. The second-order valence-electron chi connectivity index (χ2n) is 7.17. The predicted octanol–water partition coefficient (Wildman–Crippen LogP) is 3.60. The molecule has 4 rings (SSSR count). The van der Waals surface area contributed by atoms with Crippen LogP contribution in [0.25, 0.3) is 11.3 Å². The molecule has 2 aromatic heterocycles. The first-order chi connectivity index (χ1) is 13.6. The minimum atomic E-state index is -0.0409. The molecule has 7 nitrogen and oxygen atoms in total. The highest BCUT2D eigenvalue weighted by atomic mass is 16.5. The van der Waals surface area contributed by atoms with E-state index in [0.717, 1.165) is 48.7 Å². The summed E-state index contributed by atoms with van der Waals surface area (Å²) in [6.07, 6.45) is 1.53. The van der Waals surface area contributed by atoms with Crippen molar-refractivity contribution in [1.82, 2.24) is 15.4 Å². The lowest BCUT2D eigenvalue weighted by molar-refractivity contribution is -0.120. The molecular formula is C21H23N5O2. The van der Waals surface area contributed by atoms with Gasteiger partial charge in [-0.3, -0.25) is 10.1 Å². The zero-order chi connectivity index (χ0) is 19.5. The number of benzene rings is 1. The van der Waals surface area contributed by atoms with E-state index in [1.807, 2.05) is 31.2 Å². The number of anilines is 2. The van der Waals surface area contributed by atoms with E-state index in [9.17, 15) is 4.79 Å². The number of rotatable bonds is 4. The third kappa shape index (κ3) is 3.88. The lowest BCUT2D eigenvalue weighted by Gasteiger charge is -2.31. The van der Waals surface area contributed by atoms with Crippen LogP contribution in [-0.4, -0.2) is 34.4 Å². The Labute approximate surface area is 163 Å². The molecule has 3 heterocycles. The molecular weight excluding hydrogens is 354 g/mol. The van der Waals surface area contributed by atoms with Crippen molar-refractivity contribution >= 4 is 17.6 Å². The van der Waals surface area contributed by atoms with E-state index in [4.69, 9.17) is 4.52 Å². The fourth-order valence-electron chi connectivity index (χ4n) is 3.51. The molecule has 0 radical (unpaired) electrons. The van der Waals surface area contributed by atoms with E-state index in [1.165, 1.54) is 5.56 Å². The van der Waals surface area contributed by atoms with Crippen LogP contribution in [0.5, 0.6) is 0 Å². The third-order valence-corrected chi connectivity index (χ3v) is 5.14. The van der Waals surface area contributed by atoms with Gasteiger partial charge in [-0.05, 0) is 44.4 Å². The first-order valence-corrected chi connectivity index (χ1v) is 9.49. The van der Waals surface area contributed by atoms with Crippen LogP contribution in [0.1, 0.15) is 24.1 Å². The van der Waals surface area contributed by atoms with Crippen LogP contribution < -0.4 is 10.2 Å². The molecule has 1 aromatic carbocycles. The second kappa shape index (κ2) is 7.80. The van der Waals surface area contributed by atoms with E-state index >= 15 is 0 Å². The monoisotopic (exact) mass is 377 g/mol. The molecule has 7 heteroatoms. The van der Waals surface area contributed by atoms with Gasteiger partial charge < -0.3 is 9.42 Å². The predicted molar refractivity (Wildman–Crippen MR) is 107 cm³/mol. The average Bonchev–Trinajstić information content (AvgIpc) is 3.13. The number of nitrogens with one attached hydrogen (secondary N) is 1. The first-order valence-electron chi connectivity index (χ1n) is 9.49. The van der Waals surface area contributed by atoms with Crippen molar-refractivity contribution in [3.05, 3.63) is 53.7 Å². The van der Waals surface area contributed by atoms with Crippen LogP contribution >= 0.6 is 0 Å². The molecule has 1 amide bonds. The van der Waals surface area contributed by atoms with E-state index in [1.54, 1.807) is 6.07 Å². The van der Waals surface area contributed by atoms with Crippen LogP contribution in [0.4, 0.5) is 11.7 Å². The van der Waals surface area contributed by atoms with Gasteiger partial charge in [-0.25, -0.2) is 0 Å². The van der Waals surface area contributed by atoms with Crippen molar-refractivity contribution in [3.8, 4) is 11.3 Å². The quantitative estimate of drug-likeness (QED) is 0.748. The Hall–Kier alpha value is -3.22. The summed E-state index contributed by atoms with van der Waals surface area (Å²) < 4.78 is 5.06. The topological polar surface area (TPSA) is 84.2 Å². The van der Waals surface area contributed by atoms with Crippen LogP contribution in [-0.2, 0) is 4.79 Å². The van der Waals surface area contributed by atoms with Gasteiger partial charge in [0.25, 0.3) is 0 Å². The van der Waals surface area contributed by atoms with E-state index in [-0.39, 0.29) is 11.8 Å². The zero-order valence-corrected chi connectivity index (χ0v) is 16.1. The summed E-state index contributed by atoms with van der Waals surface area (Å²) in [7, 11) is 0. The maximum Gasteiger partial charge on any atom is 0.231 e. The molecule has 0 aliphatic carbocycles. The summed E-state index contributed by atoms with van der Waals surface area (Å²) in [5.41, 5.74) is 3.90. The number of carbonyl (C=O) groups is 1. The minimum absolute atomic E-state index is 0.0169. The minimum Gasteiger partial charge on any atom is -0.355 e. The zero-order valence-electron chi connectivity index (χ0n) is 16.1. The van der Waals surface area contributed by atoms with Gasteiger partial charge in [0.2, 0.25) is 11.8 Å². The summed E-state index contributed by atoms with van der Waals surface area (Å²) >= 11 is 0. The number of amides is 1. The number of piperidine rings is 1. The fraction of sp³-hybridized carbons (Fsp3) is 0.333. The van der Waals surface area contributed by atoms with Gasteiger partial charge >= 0.3 is 0 Å². The van der Waals surface area contributed by atoms with Crippen molar-refractivity contribution in [2.45, 2.75) is 26.7 Å². The molecule has 1 N–H and O–H groups in total. The molecule has 0 saturated carbocycles. The molecule has 0 bridgehead atoms. The van der Waals surface area contributed by atoms with Gasteiger partial charge in [-0.15, -0.1) is 10.2 Å². The standard InChI is InChI=1S/C21H23N5O2/c1-14-5-3-4-6-17(14)18-7-8-19(24-23-18)26-11-9-16(10-12-26)21(27)22-20-13-15(2)25-28-20/h3-8,13,16H,9-12H2,1-2H3,(H,22,27). The second-order valence-corrected chi connectivity index (χ2v) is 7.17. The molecule has 0 unspecified atom stereocenters. The molecule has 1 aliphatic heterocycles. The molecule has 1 aliphatic rings. The average molecular weight is 377 g/mol. The van der Waals surface area contributed by atoms with Crippen molar-refractivity contribution < 1.29 is 9.32 Å². The molecule has 1 fully saturated rings. The van der Waals surface area contributed by atoms with E-state index in [2.05, 4.69) is 44.6 Å². The van der Waals surface area contributed by atoms with Gasteiger partial charge in [0.05, 0.1) is 11.4 Å². The van der Waals surface area contributed by atoms with Gasteiger partial charge in [-0.2, -0.15) is 0 Å². The number of carbonyl (C=O) groups excluding carboxylic acids is 1. The molecule has 0 spiro atoms. The number of hydrogen-bond donors (Lipinski definition) is 1. The first kappa shape index (κ1) is 18.2. The molecule has 28 heavy (non-hydrogen) atoms. The van der Waals surface area contributed by atoms with Crippen LogP contribution in [0.2, 0.25) is 0 Å². The van der Waals surface area contributed by atoms with Gasteiger partial charge in [0, 0.05) is 30.6 Å². The highest BCUT2D eigenvalue weighted by Gasteiger charge is 2.26. The van der Waals surface area contributed by atoms with Crippen LogP contribution in [0.15, 0.2) is 47.0 Å². The van der Waals surface area contributed by atoms with Crippen molar-refractivity contribution in [3.63, 3.8) is 0 Å². The van der Waals surface area contributed by atoms with Crippen LogP contribution in [0.3, 0.4) is 0 Å². The number of hydrogen-bond acceptors (Lipinski definition) is 6. The highest BCUT2D eigenvalue weighted by Crippen LogP contribution is 2.25. The molecule has 1 saturated heterocycles. The summed E-state index contributed by atoms with van der Waals surface area (Å²) in [6.45, 7) is 5.43. The summed E-state index contributed by atoms with van der Waals surface area (Å²) in [5, 5.41) is 15.4. The number of aromatic nitrogens is 3. The Balaban J connectivity index is 1.36. The Morgan fingerprint density at radius 2 is 1.89 bits per heavy atom. The summed E-state index contributed by atoms with van der Waals surface area (Å²) in [5.74, 6) is 1.20. The molecule has 3 aromatic rings. The molecule has 144 valence electrons. The van der Waals surface area contributed by atoms with Crippen molar-refractivity contribution in [1.29, 1.82) is 0 Å². The van der Waals surface area contributed by atoms with Gasteiger partial charge in [0.15, 0.2) is 5.82 Å². The van der Waals surface area contributed by atoms with Crippen LogP contribution in [0, 0.1) is 19.8 Å². The highest BCUT2D eigenvalue weighted by molar-refractivity contribution is 5.91. The van der Waals surface area contributed by atoms with E-state index < -0.39 is 0 Å². The lowest BCUT2D eigenvalue weighted by atomic mass is 9.96. The lowest BCUT2D eigenvalue weighted by Crippen LogP contribution is -2.38. The Kier molecular flexibility index (Phi) is 5.06. The normalized spacial score (nSPS) is 14.9. The Bertz CT molecular complexity index is 959. The van der Waals surface area contributed by atoms with E-state index in [0.29, 0.717) is 5.88 Å². The van der Waals surface area contributed by atoms with Crippen molar-refractivity contribution in [2.24, 2.45) is 5.92 Å². The Morgan fingerprint density at radius 1 is 1.11 bits per heavy atom. The smallest absolute Gasteiger partial charge is 0.231 e. The number of aryl methyl sites for hydroxylation is 2. The SMILES string of the molecule is Cc1cc(NC(=O)C2CCN(c3ccc(-c4ccccc4C)nn3)CC2)on1. The van der Waals surface area contributed by atoms with Gasteiger partial charge in [0.1, 0.15) is 0 Å².